The van der Waals surface area contributed by atoms with Gasteiger partial charge in [0.15, 0.2) is 11.5 Å². The van der Waals surface area contributed by atoms with Gasteiger partial charge < -0.3 is 9.47 Å². The van der Waals surface area contributed by atoms with Crippen molar-refractivity contribution in [3.05, 3.63) is 61.6 Å². The molecule has 6 nitrogen and oxygen atoms in total. The minimum Gasteiger partial charge on any atom is -0.493 e. The average Bonchev–Trinajstić information content (AvgIpc) is 2.74. The van der Waals surface area contributed by atoms with Crippen LogP contribution >= 0.6 is 27.5 Å². The second-order valence-electron chi connectivity index (χ2n) is 6.77. The summed E-state index contributed by atoms with van der Waals surface area (Å²) in [5.41, 5.74) is 1.10. The predicted molar refractivity (Wildman–Crippen MR) is 125 cm³/mol. The van der Waals surface area contributed by atoms with Crippen molar-refractivity contribution >= 4 is 44.6 Å². The fourth-order valence-electron chi connectivity index (χ4n) is 3.00. The summed E-state index contributed by atoms with van der Waals surface area (Å²) in [6.45, 7) is 6.41. The van der Waals surface area contributed by atoms with Gasteiger partial charge in [-0.2, -0.15) is 9.78 Å². The van der Waals surface area contributed by atoms with Crippen molar-refractivity contribution in [2.45, 2.75) is 33.1 Å². The van der Waals surface area contributed by atoms with Crippen LogP contribution in [0.1, 0.15) is 44.5 Å². The Bertz CT molecular complexity index is 1160. The lowest BCUT2D eigenvalue weighted by Gasteiger charge is -2.14. The van der Waals surface area contributed by atoms with E-state index in [0.717, 1.165) is 10.9 Å². The Morgan fingerprint density at radius 1 is 1.30 bits per heavy atom. The Kier molecular flexibility index (Phi) is 7.15. The third kappa shape index (κ3) is 4.52. The molecule has 0 unspecified atom stereocenters. The number of rotatable bonds is 7. The molecule has 0 radical (unpaired) electrons. The number of methoxy groups -OCH3 is 1. The van der Waals surface area contributed by atoms with Gasteiger partial charge in [-0.05, 0) is 49.2 Å². The lowest BCUT2D eigenvalue weighted by molar-refractivity contribution is 0.311. The van der Waals surface area contributed by atoms with E-state index in [0.29, 0.717) is 45.4 Å². The minimum absolute atomic E-state index is 0.0568. The van der Waals surface area contributed by atoms with Crippen LogP contribution in [-0.4, -0.2) is 29.6 Å². The molecular weight excluding hydrogens is 470 g/mol. The zero-order valence-corrected chi connectivity index (χ0v) is 19.6. The number of fused-ring (bicyclic) bond motifs is 1. The molecule has 30 heavy (non-hydrogen) atoms. The molecule has 0 bridgehead atoms. The SMILES string of the molecule is CCOc1c(Cl)cc(C=Nn2c([C@H](C)CC)nc3ccc(Br)cc3c2=O)cc1OC. The zero-order chi connectivity index (χ0) is 21.8. The molecule has 3 rings (SSSR count). The fraction of sp³-hybridized carbons (Fsp3) is 0.318. The first-order chi connectivity index (χ1) is 14.4. The molecule has 0 N–H and O–H groups in total. The second kappa shape index (κ2) is 9.62. The van der Waals surface area contributed by atoms with Crippen LogP contribution in [0.5, 0.6) is 11.5 Å². The number of halogens is 2. The number of nitrogens with zero attached hydrogens (tertiary/aromatic N) is 3. The Balaban J connectivity index is 2.15. The van der Waals surface area contributed by atoms with Crippen LogP contribution in [0.3, 0.4) is 0 Å². The van der Waals surface area contributed by atoms with E-state index in [4.69, 9.17) is 26.1 Å². The maximum atomic E-state index is 13.2. The van der Waals surface area contributed by atoms with E-state index < -0.39 is 0 Å². The normalized spacial score (nSPS) is 12.5. The van der Waals surface area contributed by atoms with E-state index in [1.165, 1.54) is 4.68 Å². The highest BCUT2D eigenvalue weighted by atomic mass is 79.9. The Labute approximate surface area is 188 Å². The van der Waals surface area contributed by atoms with E-state index in [1.54, 1.807) is 31.5 Å². The molecule has 0 aliphatic rings. The molecule has 0 spiro atoms. The van der Waals surface area contributed by atoms with Crippen molar-refractivity contribution in [1.29, 1.82) is 0 Å². The molecule has 1 aromatic heterocycles. The summed E-state index contributed by atoms with van der Waals surface area (Å²) in [6.07, 6.45) is 2.40. The number of benzene rings is 2. The first kappa shape index (κ1) is 22.3. The van der Waals surface area contributed by atoms with Crippen molar-refractivity contribution < 1.29 is 9.47 Å². The molecule has 3 aromatic rings. The van der Waals surface area contributed by atoms with Gasteiger partial charge in [-0.15, -0.1) is 0 Å². The van der Waals surface area contributed by atoms with E-state index in [-0.39, 0.29) is 11.5 Å². The van der Waals surface area contributed by atoms with Crippen LogP contribution < -0.4 is 15.0 Å². The first-order valence-corrected chi connectivity index (χ1v) is 10.8. The van der Waals surface area contributed by atoms with Gasteiger partial charge >= 0.3 is 0 Å². The smallest absolute Gasteiger partial charge is 0.282 e. The van der Waals surface area contributed by atoms with Crippen LogP contribution in [0.15, 0.2) is 44.7 Å². The van der Waals surface area contributed by atoms with Crippen molar-refractivity contribution in [1.82, 2.24) is 9.66 Å². The summed E-state index contributed by atoms with van der Waals surface area (Å²) in [6, 6.07) is 8.94. The monoisotopic (exact) mass is 491 g/mol. The molecule has 158 valence electrons. The molecule has 2 aromatic carbocycles. The number of hydrogen-bond donors (Lipinski definition) is 0. The third-order valence-electron chi connectivity index (χ3n) is 4.75. The second-order valence-corrected chi connectivity index (χ2v) is 8.09. The summed E-state index contributed by atoms with van der Waals surface area (Å²) in [4.78, 5) is 17.9. The van der Waals surface area contributed by atoms with Crippen LogP contribution in [-0.2, 0) is 0 Å². The molecule has 0 fully saturated rings. The lowest BCUT2D eigenvalue weighted by atomic mass is 10.1. The van der Waals surface area contributed by atoms with E-state index in [1.807, 2.05) is 32.9 Å². The summed E-state index contributed by atoms with van der Waals surface area (Å²) >= 11 is 9.77. The van der Waals surface area contributed by atoms with Gasteiger partial charge in [-0.25, -0.2) is 4.98 Å². The van der Waals surface area contributed by atoms with E-state index in [9.17, 15) is 4.79 Å². The summed E-state index contributed by atoms with van der Waals surface area (Å²) in [5, 5.41) is 5.37. The topological polar surface area (TPSA) is 65.7 Å². The largest absolute Gasteiger partial charge is 0.493 e. The van der Waals surface area contributed by atoms with Crippen LogP contribution in [0.4, 0.5) is 0 Å². The standard InChI is InChI=1S/C22H23BrClN3O3/c1-5-13(3)21-26-18-8-7-15(23)11-16(18)22(28)27(21)25-12-14-9-17(24)20(30-6-2)19(10-14)29-4/h7-13H,5-6H2,1-4H3/t13-/m1/s1. The van der Waals surface area contributed by atoms with E-state index >= 15 is 0 Å². The van der Waals surface area contributed by atoms with Crippen LogP contribution in [0.25, 0.3) is 10.9 Å². The molecule has 8 heteroatoms. The molecule has 0 aliphatic carbocycles. The maximum absolute atomic E-state index is 13.2. The van der Waals surface area contributed by atoms with Gasteiger partial charge in [0, 0.05) is 10.4 Å². The third-order valence-corrected chi connectivity index (χ3v) is 5.52. The first-order valence-electron chi connectivity index (χ1n) is 9.66. The zero-order valence-electron chi connectivity index (χ0n) is 17.3. The minimum atomic E-state index is -0.225. The molecular formula is C22H23BrClN3O3. The number of hydrogen-bond acceptors (Lipinski definition) is 5. The molecule has 0 aliphatic heterocycles. The molecule has 1 atom stereocenters. The van der Waals surface area contributed by atoms with Gasteiger partial charge in [0.2, 0.25) is 0 Å². The van der Waals surface area contributed by atoms with Gasteiger partial charge in [0.1, 0.15) is 5.82 Å². The fourth-order valence-corrected chi connectivity index (χ4v) is 3.64. The highest BCUT2D eigenvalue weighted by Gasteiger charge is 2.16. The van der Waals surface area contributed by atoms with Crippen molar-refractivity contribution in [2.24, 2.45) is 5.10 Å². The van der Waals surface area contributed by atoms with Gasteiger partial charge in [-0.3, -0.25) is 4.79 Å². The quantitative estimate of drug-likeness (QED) is 0.402. The van der Waals surface area contributed by atoms with Gasteiger partial charge in [-0.1, -0.05) is 41.4 Å². The summed E-state index contributed by atoms with van der Waals surface area (Å²) < 4.78 is 13.1. The van der Waals surface area contributed by atoms with Gasteiger partial charge in [0.05, 0.1) is 35.9 Å². The lowest BCUT2D eigenvalue weighted by Crippen LogP contribution is -2.23. The summed E-state index contributed by atoms with van der Waals surface area (Å²) in [5.74, 6) is 1.65. The van der Waals surface area contributed by atoms with Crippen LogP contribution in [0.2, 0.25) is 5.02 Å². The van der Waals surface area contributed by atoms with Crippen molar-refractivity contribution in [3.8, 4) is 11.5 Å². The molecule has 0 amide bonds. The Morgan fingerprint density at radius 3 is 2.73 bits per heavy atom. The number of aromatic nitrogens is 2. The number of ether oxygens (including phenoxy) is 2. The molecule has 1 heterocycles. The Morgan fingerprint density at radius 2 is 2.07 bits per heavy atom. The molecule has 0 saturated carbocycles. The summed E-state index contributed by atoms with van der Waals surface area (Å²) in [7, 11) is 1.55. The van der Waals surface area contributed by atoms with Gasteiger partial charge in [0.25, 0.3) is 5.56 Å². The van der Waals surface area contributed by atoms with Crippen molar-refractivity contribution in [2.75, 3.05) is 13.7 Å². The predicted octanol–water partition coefficient (Wildman–Crippen LogP) is 5.62. The van der Waals surface area contributed by atoms with Crippen molar-refractivity contribution in [3.63, 3.8) is 0 Å². The van der Waals surface area contributed by atoms with Crippen LogP contribution in [0, 0.1) is 0 Å². The van der Waals surface area contributed by atoms with E-state index in [2.05, 4.69) is 21.0 Å². The highest BCUT2D eigenvalue weighted by Crippen LogP contribution is 2.36. The Hall–Kier alpha value is -2.38. The average molecular weight is 493 g/mol. The maximum Gasteiger partial charge on any atom is 0.282 e. The highest BCUT2D eigenvalue weighted by molar-refractivity contribution is 9.10. The molecule has 0 saturated heterocycles.